The van der Waals surface area contributed by atoms with Gasteiger partial charge in [0.2, 0.25) is 0 Å². The highest BCUT2D eigenvalue weighted by Crippen LogP contribution is 2.36. The Hall–Kier alpha value is -1.76. The summed E-state index contributed by atoms with van der Waals surface area (Å²) in [5, 5.41) is 2.61. The van der Waals surface area contributed by atoms with Crippen LogP contribution < -0.4 is 4.74 Å². The highest BCUT2D eigenvalue weighted by Gasteiger charge is 2.12. The molecule has 0 fully saturated rings. The lowest BCUT2D eigenvalue weighted by Crippen LogP contribution is -1.93. The van der Waals surface area contributed by atoms with E-state index in [2.05, 4.69) is 42.5 Å². The van der Waals surface area contributed by atoms with Gasteiger partial charge < -0.3 is 4.74 Å². The van der Waals surface area contributed by atoms with Gasteiger partial charge >= 0.3 is 0 Å². The first-order chi connectivity index (χ1) is 7.40. The summed E-state index contributed by atoms with van der Waals surface area (Å²) in [5.41, 5.74) is 2.52. The van der Waals surface area contributed by atoms with Gasteiger partial charge in [-0.2, -0.15) is 0 Å². The molecule has 0 bridgehead atoms. The zero-order valence-electron chi connectivity index (χ0n) is 8.66. The molecule has 2 aromatic rings. The minimum Gasteiger partial charge on any atom is -0.493 e. The van der Waals surface area contributed by atoms with Gasteiger partial charge in [0.25, 0.3) is 0 Å². The van der Waals surface area contributed by atoms with Crippen LogP contribution in [0.15, 0.2) is 30.3 Å². The van der Waals surface area contributed by atoms with E-state index in [0.29, 0.717) is 6.61 Å². The summed E-state index contributed by atoms with van der Waals surface area (Å²) < 4.78 is 5.62. The number of ether oxygens (including phenoxy) is 1. The highest BCUT2D eigenvalue weighted by molar-refractivity contribution is 6.06. The number of hydrogen-bond donors (Lipinski definition) is 0. The van der Waals surface area contributed by atoms with Crippen LogP contribution in [0.5, 0.6) is 5.75 Å². The van der Waals surface area contributed by atoms with E-state index in [-0.39, 0.29) is 0 Å². The predicted molar refractivity (Wildman–Crippen MR) is 64.0 cm³/mol. The number of benzene rings is 2. The Morgan fingerprint density at radius 1 is 1.07 bits per heavy atom. The zero-order valence-corrected chi connectivity index (χ0v) is 8.66. The molecule has 1 aliphatic carbocycles. The molecule has 0 heterocycles. The maximum Gasteiger partial charge on any atom is 0.127 e. The van der Waals surface area contributed by atoms with Crippen LogP contribution in [-0.2, 0) is 0 Å². The summed E-state index contributed by atoms with van der Waals surface area (Å²) in [6, 6.07) is 10.6. The van der Waals surface area contributed by atoms with Gasteiger partial charge in [-0.1, -0.05) is 30.3 Å². The van der Waals surface area contributed by atoms with Crippen LogP contribution in [0.3, 0.4) is 0 Å². The third-order valence-electron chi connectivity index (χ3n) is 2.81. The van der Waals surface area contributed by atoms with Gasteiger partial charge in [0.1, 0.15) is 5.75 Å². The van der Waals surface area contributed by atoms with Crippen molar-refractivity contribution in [1.82, 2.24) is 0 Å². The van der Waals surface area contributed by atoms with Crippen molar-refractivity contribution in [2.24, 2.45) is 0 Å². The maximum atomic E-state index is 5.62. The van der Waals surface area contributed by atoms with Gasteiger partial charge in [-0.15, -0.1) is 0 Å². The van der Waals surface area contributed by atoms with Crippen molar-refractivity contribution in [3.63, 3.8) is 0 Å². The molecule has 3 rings (SSSR count). The van der Waals surface area contributed by atoms with Crippen LogP contribution >= 0.6 is 0 Å². The summed E-state index contributed by atoms with van der Waals surface area (Å²) in [7, 11) is 0. The molecule has 0 saturated carbocycles. The Bertz CT molecular complexity index is 553. The molecule has 0 radical (unpaired) electrons. The smallest absolute Gasteiger partial charge is 0.127 e. The summed E-state index contributed by atoms with van der Waals surface area (Å²) in [6.07, 6.45) is 4.29. The quantitative estimate of drug-likeness (QED) is 0.607. The topological polar surface area (TPSA) is 9.23 Å². The van der Waals surface area contributed by atoms with E-state index >= 15 is 0 Å². The van der Waals surface area contributed by atoms with E-state index in [1.807, 2.05) is 6.92 Å². The minimum atomic E-state index is 0.717. The molecule has 0 aromatic heterocycles. The molecule has 0 N–H and O–H groups in total. The lowest BCUT2D eigenvalue weighted by atomic mass is 10.0. The van der Waals surface area contributed by atoms with E-state index in [9.17, 15) is 0 Å². The third kappa shape index (κ3) is 1.16. The fourth-order valence-electron chi connectivity index (χ4n) is 2.18. The van der Waals surface area contributed by atoms with Crippen molar-refractivity contribution < 1.29 is 4.74 Å². The fourth-order valence-corrected chi connectivity index (χ4v) is 2.18. The predicted octanol–water partition coefficient (Wildman–Crippen LogP) is 3.72. The van der Waals surface area contributed by atoms with Crippen LogP contribution in [0.4, 0.5) is 0 Å². The maximum absolute atomic E-state index is 5.62. The molecule has 0 amide bonds. The SMILES string of the molecule is CCOc1ccc2cccc3c2c1C=C3. The van der Waals surface area contributed by atoms with Crippen molar-refractivity contribution >= 4 is 22.9 Å². The van der Waals surface area contributed by atoms with Gasteiger partial charge in [0.05, 0.1) is 6.61 Å². The van der Waals surface area contributed by atoms with Gasteiger partial charge in [0.15, 0.2) is 0 Å². The standard InChI is InChI=1S/C14H12O/c1-2-15-13-9-7-11-5-3-4-10-6-8-12(13)14(10)11/h3-9H,2H2,1H3. The Kier molecular flexibility index (Phi) is 1.78. The van der Waals surface area contributed by atoms with Crippen LogP contribution in [0.2, 0.25) is 0 Å². The molecule has 2 aromatic carbocycles. The Balaban J connectivity index is 2.35. The summed E-state index contributed by atoms with van der Waals surface area (Å²) >= 11 is 0. The van der Waals surface area contributed by atoms with Crippen molar-refractivity contribution in [1.29, 1.82) is 0 Å². The summed E-state index contributed by atoms with van der Waals surface area (Å²) in [6.45, 7) is 2.73. The average Bonchev–Trinajstić information content (AvgIpc) is 2.69. The van der Waals surface area contributed by atoms with Gasteiger partial charge in [-0.05, 0) is 35.4 Å². The van der Waals surface area contributed by atoms with Crippen molar-refractivity contribution in [2.45, 2.75) is 6.92 Å². The molecular formula is C14H12O. The lowest BCUT2D eigenvalue weighted by molar-refractivity contribution is 0.340. The third-order valence-corrected chi connectivity index (χ3v) is 2.81. The lowest BCUT2D eigenvalue weighted by Gasteiger charge is -2.08. The van der Waals surface area contributed by atoms with E-state index in [1.165, 1.54) is 21.9 Å². The first kappa shape index (κ1) is 8.54. The van der Waals surface area contributed by atoms with Crippen molar-refractivity contribution in [2.75, 3.05) is 6.61 Å². The fraction of sp³-hybridized carbons (Fsp3) is 0.143. The molecule has 74 valence electrons. The molecule has 1 heteroatoms. The molecule has 0 aliphatic heterocycles. The van der Waals surface area contributed by atoms with Crippen molar-refractivity contribution in [3.05, 3.63) is 41.5 Å². The largest absolute Gasteiger partial charge is 0.493 e. The van der Waals surface area contributed by atoms with Gasteiger partial charge in [0, 0.05) is 5.56 Å². The second kappa shape index (κ2) is 3.13. The Morgan fingerprint density at radius 3 is 2.87 bits per heavy atom. The molecule has 15 heavy (non-hydrogen) atoms. The van der Waals surface area contributed by atoms with E-state index in [4.69, 9.17) is 4.74 Å². The first-order valence-corrected chi connectivity index (χ1v) is 5.27. The van der Waals surface area contributed by atoms with Crippen molar-refractivity contribution in [3.8, 4) is 5.75 Å². The van der Waals surface area contributed by atoms with E-state index < -0.39 is 0 Å². The van der Waals surface area contributed by atoms with Gasteiger partial charge in [-0.3, -0.25) is 0 Å². The molecule has 0 atom stereocenters. The van der Waals surface area contributed by atoms with Crippen LogP contribution in [0.1, 0.15) is 18.1 Å². The van der Waals surface area contributed by atoms with E-state index in [0.717, 1.165) is 5.75 Å². The molecular weight excluding hydrogens is 184 g/mol. The van der Waals surface area contributed by atoms with Crippen LogP contribution in [0.25, 0.3) is 22.9 Å². The Labute approximate surface area is 89.0 Å². The molecule has 1 nitrogen and oxygen atoms in total. The second-order valence-electron chi connectivity index (χ2n) is 3.69. The van der Waals surface area contributed by atoms with E-state index in [1.54, 1.807) is 0 Å². The van der Waals surface area contributed by atoms with Crippen LogP contribution in [-0.4, -0.2) is 6.61 Å². The first-order valence-electron chi connectivity index (χ1n) is 5.27. The van der Waals surface area contributed by atoms with Gasteiger partial charge in [-0.25, -0.2) is 0 Å². The second-order valence-corrected chi connectivity index (χ2v) is 3.69. The molecule has 0 saturated heterocycles. The molecule has 1 aliphatic rings. The minimum absolute atomic E-state index is 0.717. The molecule has 0 spiro atoms. The molecule has 0 unspecified atom stereocenters. The highest BCUT2D eigenvalue weighted by atomic mass is 16.5. The summed E-state index contributed by atoms with van der Waals surface area (Å²) in [4.78, 5) is 0. The van der Waals surface area contributed by atoms with Crippen LogP contribution in [0, 0.1) is 0 Å². The average molecular weight is 196 g/mol. The number of rotatable bonds is 2. The monoisotopic (exact) mass is 196 g/mol. The Morgan fingerprint density at radius 2 is 2.00 bits per heavy atom. The normalized spacial score (nSPS) is 12.3. The summed E-state index contributed by atoms with van der Waals surface area (Å²) in [5.74, 6) is 0.992. The zero-order chi connectivity index (χ0) is 10.3. The number of hydrogen-bond acceptors (Lipinski definition) is 1.